The van der Waals surface area contributed by atoms with Crippen LogP contribution in [0.3, 0.4) is 0 Å². The SMILES string of the molecule is CCOC(=O)N1CCC(NCCC(=O)N2CCCCC2)CC1. The molecule has 22 heavy (non-hydrogen) atoms. The van der Waals surface area contributed by atoms with Gasteiger partial charge in [-0.2, -0.15) is 0 Å². The Morgan fingerprint density at radius 2 is 1.73 bits per heavy atom. The van der Waals surface area contributed by atoms with E-state index in [1.54, 1.807) is 4.90 Å². The van der Waals surface area contributed by atoms with Gasteiger partial charge in [0, 0.05) is 45.2 Å². The molecule has 6 heteroatoms. The first-order chi connectivity index (χ1) is 10.7. The number of nitrogens with one attached hydrogen (secondary N) is 1. The normalized spacial score (nSPS) is 20.0. The molecule has 0 bridgehead atoms. The van der Waals surface area contributed by atoms with Crippen LogP contribution in [0.25, 0.3) is 0 Å². The van der Waals surface area contributed by atoms with Gasteiger partial charge < -0.3 is 19.9 Å². The largest absolute Gasteiger partial charge is 0.450 e. The number of piperidine rings is 2. The van der Waals surface area contributed by atoms with E-state index in [4.69, 9.17) is 4.74 Å². The van der Waals surface area contributed by atoms with E-state index in [-0.39, 0.29) is 12.0 Å². The summed E-state index contributed by atoms with van der Waals surface area (Å²) < 4.78 is 5.01. The minimum absolute atomic E-state index is 0.207. The molecule has 2 rings (SSSR count). The van der Waals surface area contributed by atoms with Gasteiger partial charge >= 0.3 is 6.09 Å². The maximum absolute atomic E-state index is 12.1. The van der Waals surface area contributed by atoms with Crippen molar-refractivity contribution in [2.75, 3.05) is 39.3 Å². The van der Waals surface area contributed by atoms with Crippen molar-refractivity contribution >= 4 is 12.0 Å². The predicted octanol–water partition coefficient (Wildman–Crippen LogP) is 1.60. The van der Waals surface area contributed by atoms with Gasteiger partial charge in [0.25, 0.3) is 0 Å². The van der Waals surface area contributed by atoms with Gasteiger partial charge in [0.1, 0.15) is 0 Å². The summed E-state index contributed by atoms with van der Waals surface area (Å²) in [5.41, 5.74) is 0. The summed E-state index contributed by atoms with van der Waals surface area (Å²) in [6, 6.07) is 0.403. The second kappa shape index (κ2) is 8.98. The summed E-state index contributed by atoms with van der Waals surface area (Å²) in [6.45, 7) is 6.31. The molecule has 0 aromatic carbocycles. The Morgan fingerprint density at radius 3 is 2.36 bits per heavy atom. The van der Waals surface area contributed by atoms with Crippen molar-refractivity contribution < 1.29 is 14.3 Å². The molecule has 2 aliphatic rings. The molecule has 0 aliphatic carbocycles. The van der Waals surface area contributed by atoms with Crippen LogP contribution >= 0.6 is 0 Å². The number of carbonyl (C=O) groups excluding carboxylic acids is 2. The molecule has 2 heterocycles. The van der Waals surface area contributed by atoms with Crippen LogP contribution in [0, 0.1) is 0 Å². The fourth-order valence-electron chi connectivity index (χ4n) is 3.17. The molecule has 0 aromatic heterocycles. The topological polar surface area (TPSA) is 61.9 Å². The van der Waals surface area contributed by atoms with E-state index in [1.807, 2.05) is 11.8 Å². The number of likely N-dealkylation sites (tertiary alicyclic amines) is 2. The number of hydrogen-bond donors (Lipinski definition) is 1. The van der Waals surface area contributed by atoms with Crippen LogP contribution in [-0.2, 0) is 9.53 Å². The van der Waals surface area contributed by atoms with Crippen LogP contribution in [-0.4, -0.2) is 67.2 Å². The van der Waals surface area contributed by atoms with E-state index in [2.05, 4.69) is 5.32 Å². The van der Waals surface area contributed by atoms with Crippen molar-refractivity contribution in [1.29, 1.82) is 0 Å². The Hall–Kier alpha value is -1.30. The van der Waals surface area contributed by atoms with Crippen molar-refractivity contribution in [3.05, 3.63) is 0 Å². The van der Waals surface area contributed by atoms with E-state index in [1.165, 1.54) is 6.42 Å². The molecule has 0 unspecified atom stereocenters. The molecule has 0 radical (unpaired) electrons. The van der Waals surface area contributed by atoms with E-state index in [9.17, 15) is 9.59 Å². The van der Waals surface area contributed by atoms with Crippen molar-refractivity contribution in [2.24, 2.45) is 0 Å². The first-order valence-electron chi connectivity index (χ1n) is 8.63. The molecule has 0 aromatic rings. The maximum atomic E-state index is 12.1. The third kappa shape index (κ3) is 5.16. The van der Waals surface area contributed by atoms with E-state index in [0.29, 0.717) is 19.1 Å². The fourth-order valence-corrected chi connectivity index (χ4v) is 3.17. The lowest BCUT2D eigenvalue weighted by Crippen LogP contribution is -2.46. The second-order valence-electron chi connectivity index (χ2n) is 6.11. The highest BCUT2D eigenvalue weighted by Crippen LogP contribution is 2.12. The molecule has 0 spiro atoms. The lowest BCUT2D eigenvalue weighted by atomic mass is 10.1. The minimum atomic E-state index is -0.207. The van der Waals surface area contributed by atoms with Gasteiger partial charge in [0.15, 0.2) is 0 Å². The Labute approximate surface area is 133 Å². The van der Waals surface area contributed by atoms with Gasteiger partial charge in [0.05, 0.1) is 6.61 Å². The standard InChI is InChI=1S/C16H29N3O3/c1-2-22-16(21)19-12-7-14(8-13-19)17-9-6-15(20)18-10-4-3-5-11-18/h14,17H,2-13H2,1H3. The van der Waals surface area contributed by atoms with Crippen LogP contribution in [0.2, 0.25) is 0 Å². The molecule has 2 fully saturated rings. The van der Waals surface area contributed by atoms with Crippen LogP contribution in [0.15, 0.2) is 0 Å². The Bertz CT molecular complexity index is 362. The average molecular weight is 311 g/mol. The molecule has 2 amide bonds. The summed E-state index contributed by atoms with van der Waals surface area (Å²) in [6.07, 6.45) is 5.77. The van der Waals surface area contributed by atoms with Crippen LogP contribution < -0.4 is 5.32 Å². The molecular weight excluding hydrogens is 282 g/mol. The number of nitrogens with zero attached hydrogens (tertiary/aromatic N) is 2. The third-order valence-corrected chi connectivity index (χ3v) is 4.50. The summed E-state index contributed by atoms with van der Waals surface area (Å²) in [5.74, 6) is 0.274. The van der Waals surface area contributed by atoms with Gasteiger partial charge in [-0.25, -0.2) is 4.79 Å². The van der Waals surface area contributed by atoms with E-state index >= 15 is 0 Å². The van der Waals surface area contributed by atoms with Crippen LogP contribution in [0.1, 0.15) is 45.4 Å². The Balaban J connectivity index is 1.58. The quantitative estimate of drug-likeness (QED) is 0.838. The van der Waals surface area contributed by atoms with Crippen molar-refractivity contribution in [3.63, 3.8) is 0 Å². The summed E-state index contributed by atoms with van der Waals surface area (Å²) in [5, 5.41) is 3.46. The number of carbonyl (C=O) groups is 2. The average Bonchev–Trinajstić information content (AvgIpc) is 2.56. The lowest BCUT2D eigenvalue weighted by Gasteiger charge is -2.32. The van der Waals surface area contributed by atoms with Crippen LogP contribution in [0.5, 0.6) is 0 Å². The number of rotatable bonds is 5. The molecule has 2 saturated heterocycles. The van der Waals surface area contributed by atoms with Gasteiger partial charge in [-0.15, -0.1) is 0 Å². The summed E-state index contributed by atoms with van der Waals surface area (Å²) >= 11 is 0. The van der Waals surface area contributed by atoms with Crippen molar-refractivity contribution in [3.8, 4) is 0 Å². The fraction of sp³-hybridized carbons (Fsp3) is 0.875. The second-order valence-corrected chi connectivity index (χ2v) is 6.11. The maximum Gasteiger partial charge on any atom is 0.409 e. The molecule has 126 valence electrons. The monoisotopic (exact) mass is 311 g/mol. The van der Waals surface area contributed by atoms with Gasteiger partial charge in [-0.05, 0) is 39.0 Å². The zero-order chi connectivity index (χ0) is 15.8. The van der Waals surface area contributed by atoms with Crippen LogP contribution in [0.4, 0.5) is 4.79 Å². The Morgan fingerprint density at radius 1 is 1.05 bits per heavy atom. The highest BCUT2D eigenvalue weighted by atomic mass is 16.6. The molecule has 1 N–H and O–H groups in total. The molecule has 0 saturated carbocycles. The molecular formula is C16H29N3O3. The highest BCUT2D eigenvalue weighted by Gasteiger charge is 2.23. The number of amides is 2. The summed E-state index contributed by atoms with van der Waals surface area (Å²) in [4.78, 5) is 27.4. The van der Waals surface area contributed by atoms with Crippen molar-refractivity contribution in [2.45, 2.75) is 51.5 Å². The third-order valence-electron chi connectivity index (χ3n) is 4.50. The smallest absolute Gasteiger partial charge is 0.409 e. The molecule has 6 nitrogen and oxygen atoms in total. The number of hydrogen-bond acceptors (Lipinski definition) is 4. The Kier molecular flexibility index (Phi) is 6.96. The first kappa shape index (κ1) is 17.1. The zero-order valence-electron chi connectivity index (χ0n) is 13.7. The van der Waals surface area contributed by atoms with E-state index < -0.39 is 0 Å². The highest BCUT2D eigenvalue weighted by molar-refractivity contribution is 5.76. The minimum Gasteiger partial charge on any atom is -0.450 e. The van der Waals surface area contributed by atoms with E-state index in [0.717, 1.165) is 58.4 Å². The zero-order valence-corrected chi connectivity index (χ0v) is 13.7. The van der Waals surface area contributed by atoms with Gasteiger partial charge in [-0.3, -0.25) is 4.79 Å². The molecule has 2 aliphatic heterocycles. The van der Waals surface area contributed by atoms with Gasteiger partial charge in [0.2, 0.25) is 5.91 Å². The number of ether oxygens (including phenoxy) is 1. The lowest BCUT2D eigenvalue weighted by molar-refractivity contribution is -0.132. The van der Waals surface area contributed by atoms with Gasteiger partial charge in [-0.1, -0.05) is 0 Å². The predicted molar refractivity (Wildman–Crippen MR) is 84.7 cm³/mol. The molecule has 0 atom stereocenters. The first-order valence-corrected chi connectivity index (χ1v) is 8.63. The van der Waals surface area contributed by atoms with Crippen molar-refractivity contribution in [1.82, 2.24) is 15.1 Å². The summed E-state index contributed by atoms with van der Waals surface area (Å²) in [7, 11) is 0.